The Bertz CT molecular complexity index is 288. The van der Waals surface area contributed by atoms with Crippen molar-refractivity contribution in [1.29, 1.82) is 0 Å². The van der Waals surface area contributed by atoms with Crippen LogP contribution in [0.3, 0.4) is 0 Å². The molecule has 0 aliphatic carbocycles. The van der Waals surface area contributed by atoms with Gasteiger partial charge in [-0.2, -0.15) is 0 Å². The second-order valence-electron chi connectivity index (χ2n) is 3.68. The van der Waals surface area contributed by atoms with Crippen molar-refractivity contribution in [3.63, 3.8) is 0 Å². The molecule has 1 aromatic rings. The van der Waals surface area contributed by atoms with Crippen LogP contribution >= 0.6 is 15.9 Å². The van der Waals surface area contributed by atoms with Gasteiger partial charge in [0.15, 0.2) is 0 Å². The summed E-state index contributed by atoms with van der Waals surface area (Å²) in [6, 6.07) is 3.61. The molecule has 0 saturated carbocycles. The maximum atomic E-state index is 12.8. The maximum Gasteiger partial charge on any atom is 0.126 e. The van der Waals surface area contributed by atoms with Gasteiger partial charge in [-0.3, -0.25) is 0 Å². The minimum Gasteiger partial charge on any atom is -0.207 e. The molecular weight excluding hydrogens is 238 g/mol. The fourth-order valence-corrected chi connectivity index (χ4v) is 1.35. The first-order chi connectivity index (χ1) is 5.95. The molecule has 1 aromatic carbocycles. The van der Waals surface area contributed by atoms with Crippen molar-refractivity contribution in [2.75, 3.05) is 5.33 Å². The van der Waals surface area contributed by atoms with Gasteiger partial charge in [0.2, 0.25) is 0 Å². The molecule has 0 radical (unpaired) electrons. The van der Waals surface area contributed by atoms with E-state index < -0.39 is 11.6 Å². The fraction of sp³-hybridized carbons (Fsp3) is 0.400. The number of rotatable bonds is 2. The van der Waals surface area contributed by atoms with Crippen molar-refractivity contribution in [2.24, 2.45) is 0 Å². The lowest BCUT2D eigenvalue weighted by Gasteiger charge is -2.22. The van der Waals surface area contributed by atoms with Gasteiger partial charge < -0.3 is 0 Å². The highest BCUT2D eigenvalue weighted by Gasteiger charge is 2.20. The zero-order valence-corrected chi connectivity index (χ0v) is 9.16. The van der Waals surface area contributed by atoms with Gasteiger partial charge >= 0.3 is 0 Å². The van der Waals surface area contributed by atoms with E-state index >= 15 is 0 Å². The molecule has 0 atom stereocenters. The van der Waals surface area contributed by atoms with Gasteiger partial charge in [-0.1, -0.05) is 29.8 Å². The van der Waals surface area contributed by atoms with E-state index in [2.05, 4.69) is 15.9 Å². The van der Waals surface area contributed by atoms with Gasteiger partial charge in [0, 0.05) is 11.4 Å². The highest BCUT2D eigenvalue weighted by Crippen LogP contribution is 2.26. The Kier molecular flexibility index (Phi) is 3.06. The molecule has 0 amide bonds. The topological polar surface area (TPSA) is 0 Å². The molecule has 1 rings (SSSR count). The summed E-state index contributed by atoms with van der Waals surface area (Å²) in [6.45, 7) is 3.85. The lowest BCUT2D eigenvalue weighted by molar-refractivity contribution is 0.551. The first-order valence-corrected chi connectivity index (χ1v) is 5.10. The lowest BCUT2D eigenvalue weighted by atomic mass is 9.87. The van der Waals surface area contributed by atoms with E-state index in [4.69, 9.17) is 0 Å². The Labute approximate surface area is 85.1 Å². The molecule has 13 heavy (non-hydrogen) atoms. The van der Waals surface area contributed by atoms with E-state index in [0.717, 1.165) is 6.07 Å². The van der Waals surface area contributed by atoms with E-state index in [-0.39, 0.29) is 5.41 Å². The van der Waals surface area contributed by atoms with E-state index in [1.165, 1.54) is 12.1 Å². The molecule has 0 spiro atoms. The van der Waals surface area contributed by atoms with Crippen LogP contribution in [0.15, 0.2) is 18.2 Å². The third-order valence-corrected chi connectivity index (χ3v) is 3.38. The molecule has 0 N–H and O–H groups in total. The minimum atomic E-state index is -0.524. The molecule has 0 saturated heterocycles. The van der Waals surface area contributed by atoms with Gasteiger partial charge in [-0.15, -0.1) is 0 Å². The van der Waals surface area contributed by atoms with Crippen molar-refractivity contribution in [1.82, 2.24) is 0 Å². The van der Waals surface area contributed by atoms with Gasteiger partial charge in [0.1, 0.15) is 11.6 Å². The largest absolute Gasteiger partial charge is 0.207 e. The van der Waals surface area contributed by atoms with Crippen molar-refractivity contribution in [2.45, 2.75) is 19.3 Å². The zero-order valence-electron chi connectivity index (χ0n) is 7.57. The lowest BCUT2D eigenvalue weighted by Crippen LogP contribution is -2.19. The highest BCUT2D eigenvalue weighted by atomic mass is 79.9. The molecular formula is C10H11BrF2. The summed E-state index contributed by atoms with van der Waals surface area (Å²) in [5, 5.41) is 0.670. The predicted octanol–water partition coefficient (Wildman–Crippen LogP) is 3.64. The predicted molar refractivity (Wildman–Crippen MR) is 53.2 cm³/mol. The van der Waals surface area contributed by atoms with Crippen LogP contribution in [0, 0.1) is 11.6 Å². The van der Waals surface area contributed by atoms with E-state index in [1.54, 1.807) is 0 Å². The van der Waals surface area contributed by atoms with Crippen LogP contribution in [-0.4, -0.2) is 5.33 Å². The Morgan fingerprint density at radius 3 is 2.00 bits per heavy atom. The molecule has 0 fully saturated rings. The zero-order chi connectivity index (χ0) is 10.1. The van der Waals surface area contributed by atoms with Crippen LogP contribution < -0.4 is 0 Å². The number of alkyl halides is 1. The highest BCUT2D eigenvalue weighted by molar-refractivity contribution is 9.09. The molecule has 0 unspecified atom stereocenters. The smallest absolute Gasteiger partial charge is 0.126 e. The molecule has 0 nitrogen and oxygen atoms in total. The summed E-state index contributed by atoms with van der Waals surface area (Å²) in [5.41, 5.74) is 0.421. The number of halogens is 3. The van der Waals surface area contributed by atoms with Crippen LogP contribution in [0.5, 0.6) is 0 Å². The fourth-order valence-electron chi connectivity index (χ4n) is 1.02. The average Bonchev–Trinajstić information content (AvgIpc) is 2.02. The van der Waals surface area contributed by atoms with Crippen LogP contribution in [0.4, 0.5) is 8.78 Å². The average molecular weight is 249 g/mol. The third-order valence-electron chi connectivity index (χ3n) is 1.98. The Morgan fingerprint density at radius 2 is 1.62 bits per heavy atom. The molecule has 0 aromatic heterocycles. The Hall–Kier alpha value is -0.440. The van der Waals surface area contributed by atoms with E-state index in [9.17, 15) is 8.78 Å². The molecule has 0 aliphatic heterocycles. The molecule has 72 valence electrons. The number of hydrogen-bond acceptors (Lipinski definition) is 0. The maximum absolute atomic E-state index is 12.8. The second kappa shape index (κ2) is 3.74. The van der Waals surface area contributed by atoms with Crippen molar-refractivity contribution in [3.05, 3.63) is 35.4 Å². The van der Waals surface area contributed by atoms with Gasteiger partial charge in [-0.05, 0) is 23.1 Å². The van der Waals surface area contributed by atoms with Gasteiger partial charge in [0.05, 0.1) is 0 Å². The summed E-state index contributed by atoms with van der Waals surface area (Å²) in [5.74, 6) is -1.05. The Balaban J connectivity index is 3.15. The molecule has 0 aliphatic rings. The van der Waals surface area contributed by atoms with E-state index in [1.807, 2.05) is 13.8 Å². The summed E-state index contributed by atoms with van der Waals surface area (Å²) >= 11 is 3.31. The minimum absolute atomic E-state index is 0.247. The quantitative estimate of drug-likeness (QED) is 0.702. The van der Waals surface area contributed by atoms with Gasteiger partial charge in [-0.25, -0.2) is 8.78 Å². The third kappa shape index (κ3) is 2.50. The molecule has 0 heterocycles. The van der Waals surface area contributed by atoms with Crippen LogP contribution in [-0.2, 0) is 5.41 Å². The summed E-state index contributed by atoms with van der Waals surface area (Å²) in [4.78, 5) is 0. The molecule has 3 heteroatoms. The normalized spacial score (nSPS) is 11.8. The van der Waals surface area contributed by atoms with Crippen LogP contribution in [0.25, 0.3) is 0 Å². The second-order valence-corrected chi connectivity index (χ2v) is 4.24. The van der Waals surface area contributed by atoms with Crippen molar-refractivity contribution < 1.29 is 8.78 Å². The van der Waals surface area contributed by atoms with E-state index in [0.29, 0.717) is 10.9 Å². The molecule has 0 bridgehead atoms. The number of benzene rings is 1. The van der Waals surface area contributed by atoms with Gasteiger partial charge in [0.25, 0.3) is 0 Å². The van der Waals surface area contributed by atoms with Crippen molar-refractivity contribution >= 4 is 15.9 Å². The first-order valence-electron chi connectivity index (χ1n) is 3.98. The number of hydrogen-bond donors (Lipinski definition) is 0. The SMILES string of the molecule is CC(C)(CBr)c1cc(F)cc(F)c1. The Morgan fingerprint density at radius 1 is 1.15 bits per heavy atom. The standard InChI is InChI=1S/C10H11BrF2/c1-10(2,6-11)7-3-8(12)5-9(13)4-7/h3-5H,6H2,1-2H3. The summed E-state index contributed by atoms with van der Waals surface area (Å²) < 4.78 is 25.7. The van der Waals surface area contributed by atoms with Crippen molar-refractivity contribution in [3.8, 4) is 0 Å². The monoisotopic (exact) mass is 248 g/mol. The summed E-state index contributed by atoms with van der Waals surface area (Å²) in [6.07, 6.45) is 0. The van der Waals surface area contributed by atoms with Crippen LogP contribution in [0.1, 0.15) is 19.4 Å². The summed E-state index contributed by atoms with van der Waals surface area (Å²) in [7, 11) is 0. The van der Waals surface area contributed by atoms with Crippen LogP contribution in [0.2, 0.25) is 0 Å². The first kappa shape index (κ1) is 10.6.